The van der Waals surface area contributed by atoms with E-state index in [4.69, 9.17) is 21.3 Å². The van der Waals surface area contributed by atoms with Crippen molar-refractivity contribution in [1.82, 2.24) is 14.8 Å². The third-order valence-corrected chi connectivity index (χ3v) is 6.07. The molecule has 8 heteroatoms. The van der Waals surface area contributed by atoms with Crippen molar-refractivity contribution < 1.29 is 19.4 Å². The predicted molar refractivity (Wildman–Crippen MR) is 128 cm³/mol. The molecule has 0 saturated carbocycles. The van der Waals surface area contributed by atoms with Gasteiger partial charge in [-0.2, -0.15) is 0 Å². The number of piperazine rings is 1. The Balaban J connectivity index is 1.54. The molecule has 2 aromatic carbocycles. The molecule has 0 radical (unpaired) electrons. The smallest absolute Gasteiger partial charge is 0.409 e. The van der Waals surface area contributed by atoms with Crippen molar-refractivity contribution in [2.24, 2.45) is 0 Å². The molecule has 0 atom stereocenters. The molecule has 1 aromatic heterocycles. The van der Waals surface area contributed by atoms with Crippen LogP contribution in [-0.2, 0) is 4.74 Å². The second-order valence-electron chi connectivity index (χ2n) is 8.12. The van der Waals surface area contributed by atoms with Crippen molar-refractivity contribution in [3.8, 4) is 17.0 Å². The highest BCUT2D eigenvalue weighted by Crippen LogP contribution is 2.31. The van der Waals surface area contributed by atoms with Gasteiger partial charge in [0.1, 0.15) is 5.75 Å². The lowest BCUT2D eigenvalue weighted by atomic mass is 10.0. The Hall–Kier alpha value is -3.32. The summed E-state index contributed by atoms with van der Waals surface area (Å²) in [5, 5.41) is 11.1. The molecule has 33 heavy (non-hydrogen) atoms. The number of benzene rings is 2. The number of ether oxygens (including phenoxy) is 1. The molecule has 1 N–H and O–H groups in total. The van der Waals surface area contributed by atoms with Crippen LogP contribution in [0.15, 0.2) is 42.5 Å². The second kappa shape index (κ2) is 9.67. The van der Waals surface area contributed by atoms with Gasteiger partial charge in [-0.1, -0.05) is 24.6 Å². The maximum atomic E-state index is 13.1. The summed E-state index contributed by atoms with van der Waals surface area (Å²) in [5.41, 5.74) is 3.38. The lowest BCUT2D eigenvalue weighted by molar-refractivity contribution is 0.0560. The summed E-state index contributed by atoms with van der Waals surface area (Å²) in [7, 11) is 0. The van der Waals surface area contributed by atoms with Gasteiger partial charge in [-0.05, 0) is 55.3 Å². The number of carbonyl (C=O) groups excluding carboxylic acids is 2. The minimum absolute atomic E-state index is 0.109. The SMILES string of the molecule is CCCOC(=O)N1CCN(C(=O)c2ccc3c(Cl)cc(-c4ccc(O)c(C)c4)nc3c2)CC1. The van der Waals surface area contributed by atoms with Crippen LogP contribution in [0.1, 0.15) is 29.3 Å². The Morgan fingerprint density at radius 1 is 1.06 bits per heavy atom. The lowest BCUT2D eigenvalue weighted by Gasteiger charge is -2.34. The quantitative estimate of drug-likeness (QED) is 0.591. The van der Waals surface area contributed by atoms with Gasteiger partial charge in [0.05, 0.1) is 22.8 Å². The number of amides is 2. The number of aryl methyl sites for hydroxylation is 1. The van der Waals surface area contributed by atoms with Crippen LogP contribution >= 0.6 is 11.6 Å². The van der Waals surface area contributed by atoms with E-state index in [1.165, 1.54) is 0 Å². The van der Waals surface area contributed by atoms with Crippen LogP contribution in [0, 0.1) is 6.92 Å². The summed E-state index contributed by atoms with van der Waals surface area (Å²) in [6.45, 7) is 5.94. The number of aromatic hydroxyl groups is 1. The lowest BCUT2D eigenvalue weighted by Crippen LogP contribution is -2.50. The van der Waals surface area contributed by atoms with Gasteiger partial charge in [-0.15, -0.1) is 0 Å². The van der Waals surface area contributed by atoms with Gasteiger partial charge < -0.3 is 19.6 Å². The van der Waals surface area contributed by atoms with E-state index in [9.17, 15) is 14.7 Å². The van der Waals surface area contributed by atoms with Crippen molar-refractivity contribution in [2.75, 3.05) is 32.8 Å². The number of carbonyl (C=O) groups is 2. The highest BCUT2D eigenvalue weighted by atomic mass is 35.5. The molecular weight excluding hydrogens is 442 g/mol. The molecule has 4 rings (SSSR count). The molecule has 1 aliphatic heterocycles. The summed E-state index contributed by atoms with van der Waals surface area (Å²) in [5.74, 6) is 0.111. The molecule has 0 unspecified atom stereocenters. The zero-order valence-corrected chi connectivity index (χ0v) is 19.4. The molecule has 172 valence electrons. The van der Waals surface area contributed by atoms with Gasteiger partial charge in [-0.3, -0.25) is 4.79 Å². The van der Waals surface area contributed by atoms with Crippen molar-refractivity contribution in [3.63, 3.8) is 0 Å². The fourth-order valence-corrected chi connectivity index (χ4v) is 4.10. The van der Waals surface area contributed by atoms with E-state index in [-0.39, 0.29) is 17.7 Å². The van der Waals surface area contributed by atoms with Gasteiger partial charge in [0.15, 0.2) is 0 Å². The van der Waals surface area contributed by atoms with E-state index in [0.717, 1.165) is 22.9 Å². The van der Waals surface area contributed by atoms with Gasteiger partial charge in [0.25, 0.3) is 5.91 Å². The zero-order chi connectivity index (χ0) is 23.5. The fraction of sp³-hybridized carbons (Fsp3) is 0.320. The number of rotatable bonds is 4. The normalized spacial score (nSPS) is 13.9. The molecule has 0 bridgehead atoms. The number of hydrogen-bond acceptors (Lipinski definition) is 5. The standard InChI is InChI=1S/C25H26ClN3O4/c1-3-12-33-25(32)29-10-8-28(9-11-29)24(31)18-4-6-19-20(26)15-21(27-22(19)14-18)17-5-7-23(30)16(2)13-17/h4-7,13-15,30H,3,8-12H2,1-2H3. The number of fused-ring (bicyclic) bond motifs is 1. The maximum Gasteiger partial charge on any atom is 0.409 e. The van der Waals surface area contributed by atoms with E-state index in [2.05, 4.69) is 0 Å². The summed E-state index contributed by atoms with van der Waals surface area (Å²) < 4.78 is 5.18. The first-order valence-electron chi connectivity index (χ1n) is 11.0. The predicted octanol–water partition coefficient (Wildman–Crippen LogP) is 4.87. The molecule has 3 aromatic rings. The van der Waals surface area contributed by atoms with Crippen LogP contribution in [0.2, 0.25) is 5.02 Å². The van der Waals surface area contributed by atoms with Gasteiger partial charge in [0.2, 0.25) is 0 Å². The highest BCUT2D eigenvalue weighted by Gasteiger charge is 2.26. The minimum Gasteiger partial charge on any atom is -0.508 e. The average molecular weight is 468 g/mol. The number of halogens is 1. The third-order valence-electron chi connectivity index (χ3n) is 5.75. The summed E-state index contributed by atoms with van der Waals surface area (Å²) in [6, 6.07) is 12.4. The van der Waals surface area contributed by atoms with E-state index in [1.807, 2.05) is 26.0 Å². The Morgan fingerprint density at radius 3 is 2.48 bits per heavy atom. The molecule has 1 fully saturated rings. The molecular formula is C25H26ClN3O4. The first-order chi connectivity index (χ1) is 15.9. The van der Waals surface area contributed by atoms with Crippen LogP contribution in [0.25, 0.3) is 22.2 Å². The van der Waals surface area contributed by atoms with E-state index >= 15 is 0 Å². The van der Waals surface area contributed by atoms with Crippen molar-refractivity contribution in [1.29, 1.82) is 0 Å². The van der Waals surface area contributed by atoms with Crippen LogP contribution < -0.4 is 0 Å². The number of phenols is 1. The Kier molecular flexibility index (Phi) is 6.70. The van der Waals surface area contributed by atoms with E-state index in [1.54, 1.807) is 40.1 Å². The monoisotopic (exact) mass is 467 g/mol. The number of phenolic OH excluding ortho intramolecular Hbond substituents is 1. The zero-order valence-electron chi connectivity index (χ0n) is 18.7. The van der Waals surface area contributed by atoms with Crippen molar-refractivity contribution in [3.05, 3.63) is 58.6 Å². The van der Waals surface area contributed by atoms with Crippen LogP contribution in [0.4, 0.5) is 4.79 Å². The molecule has 2 heterocycles. The van der Waals surface area contributed by atoms with Crippen LogP contribution in [-0.4, -0.2) is 64.7 Å². The summed E-state index contributed by atoms with van der Waals surface area (Å²) in [6.07, 6.45) is 0.448. The Labute approximate surface area is 197 Å². The summed E-state index contributed by atoms with van der Waals surface area (Å²) in [4.78, 5) is 33.2. The van der Waals surface area contributed by atoms with Crippen LogP contribution in [0.5, 0.6) is 5.75 Å². The molecule has 2 amide bonds. The molecule has 7 nitrogen and oxygen atoms in total. The van der Waals surface area contributed by atoms with Crippen LogP contribution in [0.3, 0.4) is 0 Å². The summed E-state index contributed by atoms with van der Waals surface area (Å²) >= 11 is 6.51. The topological polar surface area (TPSA) is 83.0 Å². The van der Waals surface area contributed by atoms with Gasteiger partial charge >= 0.3 is 6.09 Å². The molecule has 1 aliphatic rings. The number of pyridine rings is 1. The number of aromatic nitrogens is 1. The maximum absolute atomic E-state index is 13.1. The highest BCUT2D eigenvalue weighted by molar-refractivity contribution is 6.35. The number of hydrogen-bond donors (Lipinski definition) is 1. The largest absolute Gasteiger partial charge is 0.508 e. The third kappa shape index (κ3) is 4.88. The van der Waals surface area contributed by atoms with Crippen molar-refractivity contribution in [2.45, 2.75) is 20.3 Å². The van der Waals surface area contributed by atoms with Crippen molar-refractivity contribution >= 4 is 34.5 Å². The number of nitrogens with zero attached hydrogens (tertiary/aromatic N) is 3. The van der Waals surface area contributed by atoms with Gasteiger partial charge in [0, 0.05) is 42.7 Å². The molecule has 0 aliphatic carbocycles. The Morgan fingerprint density at radius 2 is 1.79 bits per heavy atom. The molecule has 1 saturated heterocycles. The first-order valence-corrected chi connectivity index (χ1v) is 11.4. The minimum atomic E-state index is -0.328. The first kappa shape index (κ1) is 22.9. The average Bonchev–Trinajstić information content (AvgIpc) is 2.83. The van der Waals surface area contributed by atoms with E-state index in [0.29, 0.717) is 54.6 Å². The fourth-order valence-electron chi connectivity index (χ4n) is 3.84. The second-order valence-corrected chi connectivity index (χ2v) is 8.52. The Bertz CT molecular complexity index is 1210. The molecule has 0 spiro atoms. The van der Waals surface area contributed by atoms with Gasteiger partial charge in [-0.25, -0.2) is 9.78 Å². The van der Waals surface area contributed by atoms with E-state index < -0.39 is 0 Å².